The summed E-state index contributed by atoms with van der Waals surface area (Å²) >= 11 is 18.5. The number of ether oxygens (including phenoxy) is 1. The maximum atomic E-state index is 6.46. The third-order valence-electron chi connectivity index (χ3n) is 5.90. The maximum Gasteiger partial charge on any atom is 0.174 e. The van der Waals surface area contributed by atoms with Gasteiger partial charge in [0, 0.05) is 22.5 Å². The maximum absolute atomic E-state index is 6.46. The van der Waals surface area contributed by atoms with E-state index in [1.165, 1.54) is 0 Å². The summed E-state index contributed by atoms with van der Waals surface area (Å²) < 4.78 is 11.8. The number of nitrogens with one attached hydrogen (secondary N) is 1. The second kappa shape index (κ2) is 9.29. The van der Waals surface area contributed by atoms with E-state index >= 15 is 0 Å². The van der Waals surface area contributed by atoms with Crippen LogP contribution >= 0.6 is 35.4 Å². The van der Waals surface area contributed by atoms with E-state index < -0.39 is 0 Å². The first-order valence-electron chi connectivity index (χ1n) is 10.7. The first-order valence-corrected chi connectivity index (χ1v) is 11.8. The van der Waals surface area contributed by atoms with E-state index in [4.69, 9.17) is 44.6 Å². The number of hydrogen-bond acceptors (Lipinski definition) is 4. The van der Waals surface area contributed by atoms with E-state index in [9.17, 15) is 0 Å². The SMILES string of the molecule is COc1ccc(N2C(=S)N[C@H](c3ccccn3)[C@@H]2c2ccc(-c3cc(Cl)ccc3C)o2)cc1Cl. The van der Waals surface area contributed by atoms with Crippen molar-refractivity contribution in [1.82, 2.24) is 10.3 Å². The average Bonchev–Trinajstić information content (AvgIpc) is 3.45. The summed E-state index contributed by atoms with van der Waals surface area (Å²) in [5, 5.41) is 5.13. The highest BCUT2D eigenvalue weighted by atomic mass is 35.5. The molecule has 0 saturated carbocycles. The Morgan fingerprint density at radius 3 is 2.65 bits per heavy atom. The number of pyridine rings is 1. The number of methoxy groups -OCH3 is 1. The van der Waals surface area contributed by atoms with E-state index in [-0.39, 0.29) is 12.1 Å². The van der Waals surface area contributed by atoms with Crippen molar-refractivity contribution in [3.8, 4) is 17.1 Å². The van der Waals surface area contributed by atoms with Crippen LogP contribution in [0, 0.1) is 6.92 Å². The molecule has 0 unspecified atom stereocenters. The Morgan fingerprint density at radius 1 is 1.06 bits per heavy atom. The molecule has 1 N–H and O–H groups in total. The van der Waals surface area contributed by atoms with Gasteiger partial charge in [0.1, 0.15) is 23.3 Å². The summed E-state index contributed by atoms with van der Waals surface area (Å²) in [6.45, 7) is 2.03. The van der Waals surface area contributed by atoms with Gasteiger partial charge in [-0.2, -0.15) is 0 Å². The molecule has 2 aromatic heterocycles. The van der Waals surface area contributed by atoms with Gasteiger partial charge in [0.25, 0.3) is 0 Å². The van der Waals surface area contributed by atoms with Crippen LogP contribution in [0.4, 0.5) is 5.69 Å². The summed E-state index contributed by atoms with van der Waals surface area (Å²) in [5.74, 6) is 2.07. The predicted molar refractivity (Wildman–Crippen MR) is 140 cm³/mol. The molecular formula is C26H21Cl2N3O2S. The second-order valence-corrected chi connectivity index (χ2v) is 9.21. The fourth-order valence-corrected chi connectivity index (χ4v) is 5.01. The lowest BCUT2D eigenvalue weighted by molar-refractivity contribution is 0.415. The number of aryl methyl sites for hydroxylation is 1. The number of furan rings is 1. The lowest BCUT2D eigenvalue weighted by atomic mass is 10.0. The highest BCUT2D eigenvalue weighted by Gasteiger charge is 2.42. The number of nitrogens with zero attached hydrogens (tertiary/aromatic N) is 2. The van der Waals surface area contributed by atoms with Crippen LogP contribution in [0.2, 0.25) is 10.0 Å². The molecule has 0 amide bonds. The summed E-state index contributed by atoms with van der Waals surface area (Å²) in [6, 6.07) is 20.6. The number of thiocarbonyl (C=S) groups is 1. The molecule has 1 fully saturated rings. The zero-order valence-corrected chi connectivity index (χ0v) is 20.8. The van der Waals surface area contributed by atoms with Gasteiger partial charge in [-0.15, -0.1) is 0 Å². The first kappa shape index (κ1) is 22.7. The Morgan fingerprint density at radius 2 is 1.91 bits per heavy atom. The molecule has 0 spiro atoms. The highest BCUT2D eigenvalue weighted by molar-refractivity contribution is 7.80. The molecule has 8 heteroatoms. The smallest absolute Gasteiger partial charge is 0.174 e. The van der Waals surface area contributed by atoms with Crippen LogP contribution in [0.3, 0.4) is 0 Å². The summed E-state index contributed by atoms with van der Waals surface area (Å²) in [5.41, 5.74) is 3.70. The third kappa shape index (κ3) is 4.13. The summed E-state index contributed by atoms with van der Waals surface area (Å²) in [6.07, 6.45) is 1.77. The van der Waals surface area contributed by atoms with Crippen molar-refractivity contribution in [3.63, 3.8) is 0 Å². The summed E-state index contributed by atoms with van der Waals surface area (Å²) in [4.78, 5) is 6.59. The Balaban J connectivity index is 1.62. The van der Waals surface area contributed by atoms with Gasteiger partial charge in [-0.05, 0) is 79.3 Å². The molecule has 5 rings (SSSR count). The topological polar surface area (TPSA) is 50.5 Å². The zero-order valence-electron chi connectivity index (χ0n) is 18.5. The molecule has 172 valence electrons. The number of hydrogen-bond donors (Lipinski definition) is 1. The normalized spacial score (nSPS) is 17.6. The van der Waals surface area contributed by atoms with E-state index in [1.807, 2.05) is 78.6 Å². The van der Waals surface area contributed by atoms with Crippen LogP contribution in [0.1, 0.15) is 29.1 Å². The second-order valence-electron chi connectivity index (χ2n) is 7.98. The minimum Gasteiger partial charge on any atom is -0.495 e. The van der Waals surface area contributed by atoms with E-state index in [1.54, 1.807) is 13.3 Å². The van der Waals surface area contributed by atoms with Crippen molar-refractivity contribution < 1.29 is 9.15 Å². The number of anilines is 1. The van der Waals surface area contributed by atoms with Gasteiger partial charge < -0.3 is 19.4 Å². The molecule has 4 aromatic rings. The lowest BCUT2D eigenvalue weighted by Crippen LogP contribution is -2.29. The van der Waals surface area contributed by atoms with Crippen molar-refractivity contribution in [3.05, 3.63) is 100.0 Å². The van der Waals surface area contributed by atoms with E-state index in [0.717, 1.165) is 34.0 Å². The van der Waals surface area contributed by atoms with Gasteiger partial charge in [-0.25, -0.2) is 0 Å². The molecular weight excluding hydrogens is 489 g/mol. The number of rotatable bonds is 5. The average molecular weight is 510 g/mol. The minimum absolute atomic E-state index is 0.228. The monoisotopic (exact) mass is 509 g/mol. The van der Waals surface area contributed by atoms with Crippen LogP contribution < -0.4 is 15.0 Å². The van der Waals surface area contributed by atoms with Gasteiger partial charge in [-0.3, -0.25) is 4.98 Å². The van der Waals surface area contributed by atoms with E-state index in [2.05, 4.69) is 10.3 Å². The highest BCUT2D eigenvalue weighted by Crippen LogP contribution is 2.44. The number of halogens is 2. The van der Waals surface area contributed by atoms with Gasteiger partial charge in [0.15, 0.2) is 5.11 Å². The molecule has 5 nitrogen and oxygen atoms in total. The first-order chi connectivity index (χ1) is 16.5. The molecule has 1 aliphatic heterocycles. The Labute approximate surface area is 213 Å². The van der Waals surface area contributed by atoms with Crippen molar-refractivity contribution in [2.45, 2.75) is 19.0 Å². The van der Waals surface area contributed by atoms with Crippen LogP contribution in [0.15, 0.2) is 77.3 Å². The molecule has 1 aliphatic rings. The Bertz CT molecular complexity index is 1360. The third-order valence-corrected chi connectivity index (χ3v) is 6.74. The summed E-state index contributed by atoms with van der Waals surface area (Å²) in [7, 11) is 1.59. The Hall–Kier alpha value is -3.06. The zero-order chi connectivity index (χ0) is 23.8. The molecule has 1 saturated heterocycles. The van der Waals surface area contributed by atoms with Crippen LogP contribution in [-0.4, -0.2) is 17.2 Å². The fourth-order valence-electron chi connectivity index (χ4n) is 4.24. The predicted octanol–water partition coefficient (Wildman–Crippen LogP) is 7.14. The molecule has 0 radical (unpaired) electrons. The molecule has 2 atom stereocenters. The van der Waals surface area contributed by atoms with Crippen LogP contribution in [0.25, 0.3) is 11.3 Å². The molecule has 2 aromatic carbocycles. The van der Waals surface area contributed by atoms with Gasteiger partial charge in [0.05, 0.1) is 23.9 Å². The van der Waals surface area contributed by atoms with Crippen molar-refractivity contribution in [1.29, 1.82) is 0 Å². The van der Waals surface area contributed by atoms with E-state index in [0.29, 0.717) is 20.9 Å². The van der Waals surface area contributed by atoms with Crippen molar-refractivity contribution >= 4 is 46.2 Å². The van der Waals surface area contributed by atoms with Gasteiger partial charge in [0.2, 0.25) is 0 Å². The molecule has 0 bridgehead atoms. The minimum atomic E-state index is -0.292. The number of benzene rings is 2. The van der Waals surface area contributed by atoms with Crippen molar-refractivity contribution in [2.24, 2.45) is 0 Å². The van der Waals surface area contributed by atoms with Crippen LogP contribution in [0.5, 0.6) is 5.75 Å². The van der Waals surface area contributed by atoms with Crippen LogP contribution in [-0.2, 0) is 0 Å². The number of aromatic nitrogens is 1. The molecule has 3 heterocycles. The van der Waals surface area contributed by atoms with Gasteiger partial charge >= 0.3 is 0 Å². The lowest BCUT2D eigenvalue weighted by Gasteiger charge is -2.26. The molecule has 0 aliphatic carbocycles. The largest absolute Gasteiger partial charge is 0.495 e. The fraction of sp³-hybridized carbons (Fsp3) is 0.154. The molecule has 34 heavy (non-hydrogen) atoms. The van der Waals surface area contributed by atoms with Gasteiger partial charge in [-0.1, -0.05) is 35.3 Å². The van der Waals surface area contributed by atoms with Crippen molar-refractivity contribution in [2.75, 3.05) is 12.0 Å². The standard InChI is InChI=1S/C26H21Cl2N3O2S/c1-15-6-7-16(27)13-18(15)21-10-11-23(33-21)25-24(20-5-3-4-12-29-20)30-26(34)31(25)17-8-9-22(32-2)19(28)14-17/h3-14,24-25H,1-2H3,(H,30,34)/t24-,25+/m1/s1. The Kier molecular flexibility index (Phi) is 6.21. The quantitative estimate of drug-likeness (QED) is 0.288.